The summed E-state index contributed by atoms with van der Waals surface area (Å²) < 4.78 is 0. The molecule has 0 aliphatic heterocycles. The minimum Gasteiger partial charge on any atom is -0.409 e. The lowest BCUT2D eigenvalue weighted by Crippen LogP contribution is -2.18. The highest BCUT2D eigenvalue weighted by Crippen LogP contribution is 2.25. The summed E-state index contributed by atoms with van der Waals surface area (Å²) in [4.78, 5) is 4.22. The summed E-state index contributed by atoms with van der Waals surface area (Å²) >= 11 is 1.65. The molecule has 0 spiro atoms. The van der Waals surface area contributed by atoms with E-state index in [0.717, 1.165) is 11.4 Å². The molecule has 15 heavy (non-hydrogen) atoms. The van der Waals surface area contributed by atoms with Gasteiger partial charge >= 0.3 is 0 Å². The van der Waals surface area contributed by atoms with Crippen molar-refractivity contribution in [3.05, 3.63) is 24.4 Å². The number of hydrogen-bond acceptors (Lipinski definition) is 4. The quantitative estimate of drug-likeness (QED) is 0.264. The first-order chi connectivity index (χ1) is 7.26. The number of hydrogen-bond donors (Lipinski definition) is 2. The summed E-state index contributed by atoms with van der Waals surface area (Å²) in [5.74, 6) is 0.269. The molecule has 0 saturated heterocycles. The zero-order valence-corrected chi connectivity index (χ0v) is 9.44. The van der Waals surface area contributed by atoms with E-state index in [4.69, 9.17) is 10.9 Å². The highest BCUT2D eigenvalue weighted by molar-refractivity contribution is 7.99. The Morgan fingerprint density at radius 1 is 1.67 bits per heavy atom. The van der Waals surface area contributed by atoms with Crippen molar-refractivity contribution in [1.29, 1.82) is 0 Å². The molecule has 1 aromatic rings. The maximum Gasteiger partial charge on any atom is 0.140 e. The van der Waals surface area contributed by atoms with Gasteiger partial charge in [0.15, 0.2) is 0 Å². The zero-order valence-electron chi connectivity index (χ0n) is 8.63. The van der Waals surface area contributed by atoms with Gasteiger partial charge in [-0.25, -0.2) is 4.98 Å². The molecule has 0 saturated carbocycles. The van der Waals surface area contributed by atoms with Gasteiger partial charge in [0, 0.05) is 17.9 Å². The van der Waals surface area contributed by atoms with Crippen LogP contribution < -0.4 is 5.73 Å². The summed E-state index contributed by atoms with van der Waals surface area (Å²) in [5.41, 5.74) is 5.47. The Hall–Kier alpha value is -1.23. The minimum atomic E-state index is 0.269. The van der Waals surface area contributed by atoms with Crippen molar-refractivity contribution >= 4 is 17.6 Å². The third-order valence-electron chi connectivity index (χ3n) is 1.95. The van der Waals surface area contributed by atoms with Crippen molar-refractivity contribution in [3.63, 3.8) is 0 Å². The van der Waals surface area contributed by atoms with Gasteiger partial charge in [-0.2, -0.15) is 0 Å². The second-order valence-electron chi connectivity index (χ2n) is 3.11. The Bertz CT molecular complexity index is 316. The molecule has 0 amide bonds. The second kappa shape index (κ2) is 6.29. The standard InChI is InChI=1S/C10H15N3OS/c1-2-8(7-9(11)13-14)15-10-5-3-4-6-12-10/h3-6,8,14H,2,7H2,1H3,(H2,11,13). The average molecular weight is 225 g/mol. The van der Waals surface area contributed by atoms with Crippen LogP contribution in [0.25, 0.3) is 0 Å². The van der Waals surface area contributed by atoms with E-state index in [9.17, 15) is 0 Å². The van der Waals surface area contributed by atoms with Gasteiger partial charge in [-0.15, -0.1) is 11.8 Å². The van der Waals surface area contributed by atoms with Crippen molar-refractivity contribution < 1.29 is 5.21 Å². The number of aromatic nitrogens is 1. The zero-order chi connectivity index (χ0) is 11.1. The molecular formula is C10H15N3OS. The van der Waals surface area contributed by atoms with Gasteiger partial charge in [0.2, 0.25) is 0 Å². The van der Waals surface area contributed by atoms with Crippen LogP contribution in [0.4, 0.5) is 0 Å². The van der Waals surface area contributed by atoms with E-state index in [1.807, 2.05) is 18.2 Å². The molecule has 1 heterocycles. The molecule has 3 N–H and O–H groups in total. The van der Waals surface area contributed by atoms with Gasteiger partial charge in [0.05, 0.1) is 5.03 Å². The summed E-state index contributed by atoms with van der Waals surface area (Å²) in [6.07, 6.45) is 3.30. The van der Waals surface area contributed by atoms with E-state index in [2.05, 4.69) is 17.1 Å². The van der Waals surface area contributed by atoms with Crippen LogP contribution in [0.1, 0.15) is 19.8 Å². The van der Waals surface area contributed by atoms with Gasteiger partial charge in [-0.05, 0) is 18.6 Å². The van der Waals surface area contributed by atoms with E-state index < -0.39 is 0 Å². The van der Waals surface area contributed by atoms with Crippen LogP contribution in [0.5, 0.6) is 0 Å². The molecular weight excluding hydrogens is 210 g/mol. The first kappa shape index (κ1) is 11.8. The molecule has 0 fully saturated rings. The molecule has 4 nitrogen and oxygen atoms in total. The first-order valence-electron chi connectivity index (χ1n) is 4.80. The molecule has 1 aromatic heterocycles. The van der Waals surface area contributed by atoms with E-state index in [1.165, 1.54) is 0 Å². The number of amidine groups is 1. The van der Waals surface area contributed by atoms with Crippen molar-refractivity contribution in [2.24, 2.45) is 10.9 Å². The number of nitrogens with two attached hydrogens (primary N) is 1. The smallest absolute Gasteiger partial charge is 0.140 e. The Morgan fingerprint density at radius 3 is 3.00 bits per heavy atom. The molecule has 1 rings (SSSR count). The fourth-order valence-electron chi connectivity index (χ4n) is 1.13. The van der Waals surface area contributed by atoms with Crippen LogP contribution >= 0.6 is 11.8 Å². The maximum absolute atomic E-state index is 8.48. The number of oxime groups is 1. The number of pyridine rings is 1. The molecule has 0 aliphatic carbocycles. The molecule has 1 atom stereocenters. The van der Waals surface area contributed by atoms with Gasteiger partial charge in [0.1, 0.15) is 5.84 Å². The first-order valence-corrected chi connectivity index (χ1v) is 5.68. The lowest BCUT2D eigenvalue weighted by molar-refractivity contribution is 0.316. The SMILES string of the molecule is CCC(C/C(N)=N/O)Sc1ccccn1. The minimum absolute atomic E-state index is 0.269. The fourth-order valence-corrected chi connectivity index (χ4v) is 2.17. The lowest BCUT2D eigenvalue weighted by Gasteiger charge is -2.12. The van der Waals surface area contributed by atoms with Crippen LogP contribution in [0.2, 0.25) is 0 Å². The summed E-state index contributed by atoms with van der Waals surface area (Å²) in [7, 11) is 0. The van der Waals surface area contributed by atoms with E-state index >= 15 is 0 Å². The monoisotopic (exact) mass is 225 g/mol. The van der Waals surface area contributed by atoms with Gasteiger partial charge in [-0.3, -0.25) is 0 Å². The fraction of sp³-hybridized carbons (Fsp3) is 0.400. The normalized spacial score (nSPS) is 13.8. The van der Waals surface area contributed by atoms with Crippen molar-refractivity contribution in [3.8, 4) is 0 Å². The lowest BCUT2D eigenvalue weighted by atomic mass is 10.2. The predicted molar refractivity (Wildman–Crippen MR) is 62.2 cm³/mol. The molecule has 82 valence electrons. The van der Waals surface area contributed by atoms with Gasteiger partial charge in [0.25, 0.3) is 0 Å². The Labute approximate surface area is 93.6 Å². The van der Waals surface area contributed by atoms with Crippen LogP contribution in [-0.2, 0) is 0 Å². The largest absolute Gasteiger partial charge is 0.409 e. The third-order valence-corrected chi connectivity index (χ3v) is 3.26. The predicted octanol–water partition coefficient (Wildman–Crippen LogP) is 2.09. The van der Waals surface area contributed by atoms with Crippen LogP contribution in [0.3, 0.4) is 0 Å². The van der Waals surface area contributed by atoms with Gasteiger partial charge in [-0.1, -0.05) is 18.1 Å². The number of thioether (sulfide) groups is 1. The summed E-state index contributed by atoms with van der Waals surface area (Å²) in [5, 5.41) is 12.7. The van der Waals surface area contributed by atoms with Crippen molar-refractivity contribution in [1.82, 2.24) is 4.98 Å². The molecule has 0 aromatic carbocycles. The van der Waals surface area contributed by atoms with Crippen LogP contribution in [0, 0.1) is 0 Å². The van der Waals surface area contributed by atoms with Crippen LogP contribution in [0.15, 0.2) is 34.6 Å². The number of nitrogens with zero attached hydrogens (tertiary/aromatic N) is 2. The number of rotatable bonds is 5. The molecule has 0 bridgehead atoms. The highest BCUT2D eigenvalue weighted by Gasteiger charge is 2.11. The van der Waals surface area contributed by atoms with Crippen molar-refractivity contribution in [2.75, 3.05) is 0 Å². The van der Waals surface area contributed by atoms with E-state index in [0.29, 0.717) is 11.7 Å². The highest BCUT2D eigenvalue weighted by atomic mass is 32.2. The van der Waals surface area contributed by atoms with Gasteiger partial charge < -0.3 is 10.9 Å². The molecule has 1 unspecified atom stereocenters. The Morgan fingerprint density at radius 2 is 2.47 bits per heavy atom. The van der Waals surface area contributed by atoms with Crippen molar-refractivity contribution in [2.45, 2.75) is 30.0 Å². The molecule has 5 heteroatoms. The molecule has 0 aliphatic rings. The van der Waals surface area contributed by atoms with E-state index in [1.54, 1.807) is 18.0 Å². The maximum atomic E-state index is 8.48. The topological polar surface area (TPSA) is 71.5 Å². The van der Waals surface area contributed by atoms with Crippen LogP contribution in [-0.4, -0.2) is 21.3 Å². The Balaban J connectivity index is 2.54. The average Bonchev–Trinajstić information content (AvgIpc) is 2.29. The summed E-state index contributed by atoms with van der Waals surface area (Å²) in [6.45, 7) is 2.07. The summed E-state index contributed by atoms with van der Waals surface area (Å²) in [6, 6.07) is 5.79. The molecule has 0 radical (unpaired) electrons. The third kappa shape index (κ3) is 4.20. The second-order valence-corrected chi connectivity index (χ2v) is 4.43. The Kier molecular flexibility index (Phi) is 4.97. The van der Waals surface area contributed by atoms with E-state index in [-0.39, 0.29) is 5.84 Å².